The van der Waals surface area contributed by atoms with Gasteiger partial charge in [-0.2, -0.15) is 5.10 Å². The normalized spacial score (nSPS) is 10.6. The largest absolute Gasteiger partial charge is 0.467 e. The fraction of sp³-hybridized carbons (Fsp3) is 0.120. The second kappa shape index (κ2) is 9.35. The molecule has 2 aromatic heterocycles. The van der Waals surface area contributed by atoms with Gasteiger partial charge in [-0.15, -0.1) is 0 Å². The van der Waals surface area contributed by atoms with Gasteiger partial charge in [0.2, 0.25) is 0 Å². The summed E-state index contributed by atoms with van der Waals surface area (Å²) in [6.07, 6.45) is 1.52. The van der Waals surface area contributed by atoms with E-state index in [2.05, 4.69) is 15.7 Å². The number of para-hydroxylation sites is 2. The van der Waals surface area contributed by atoms with E-state index >= 15 is 0 Å². The number of anilines is 1. The molecule has 0 radical (unpaired) electrons. The molecule has 0 fully saturated rings. The van der Waals surface area contributed by atoms with Crippen LogP contribution >= 0.6 is 0 Å². The number of rotatable bonds is 7. The first-order chi connectivity index (χ1) is 16.0. The van der Waals surface area contributed by atoms with Crippen molar-refractivity contribution >= 4 is 23.3 Å². The van der Waals surface area contributed by atoms with Gasteiger partial charge in [-0.05, 0) is 50.2 Å². The highest BCUT2D eigenvalue weighted by Crippen LogP contribution is 2.20. The SMILES string of the molecule is Cc1nn(-c2ccccc2)c(C)c1C(=O)C(=O)Nc1ccccc1C(=O)NCc1ccco1. The molecular weight excluding hydrogens is 420 g/mol. The van der Waals surface area contributed by atoms with Gasteiger partial charge in [0.15, 0.2) is 0 Å². The first kappa shape index (κ1) is 21.8. The molecule has 4 rings (SSSR count). The summed E-state index contributed by atoms with van der Waals surface area (Å²) in [7, 11) is 0. The number of hydrogen-bond acceptors (Lipinski definition) is 5. The maximum absolute atomic E-state index is 13.0. The summed E-state index contributed by atoms with van der Waals surface area (Å²) < 4.78 is 6.85. The Bertz CT molecular complexity index is 1310. The molecule has 8 nitrogen and oxygen atoms in total. The number of hydrogen-bond donors (Lipinski definition) is 2. The van der Waals surface area contributed by atoms with Crippen molar-refractivity contribution in [3.05, 3.63) is 101 Å². The third kappa shape index (κ3) is 4.59. The third-order valence-electron chi connectivity index (χ3n) is 5.15. The molecule has 4 aromatic rings. The van der Waals surface area contributed by atoms with Crippen molar-refractivity contribution in [3.63, 3.8) is 0 Å². The van der Waals surface area contributed by atoms with E-state index in [1.54, 1.807) is 54.9 Å². The lowest BCUT2D eigenvalue weighted by Gasteiger charge is -2.11. The number of aryl methyl sites for hydroxylation is 1. The fourth-order valence-electron chi connectivity index (χ4n) is 3.55. The van der Waals surface area contributed by atoms with Crippen LogP contribution in [-0.4, -0.2) is 27.4 Å². The number of aromatic nitrogens is 2. The fourth-order valence-corrected chi connectivity index (χ4v) is 3.55. The lowest BCUT2D eigenvalue weighted by molar-refractivity contribution is -0.112. The predicted octanol–water partition coefficient (Wildman–Crippen LogP) is 3.83. The molecule has 166 valence electrons. The Morgan fingerprint density at radius 2 is 1.67 bits per heavy atom. The number of furan rings is 1. The molecule has 0 atom stereocenters. The van der Waals surface area contributed by atoms with Crippen molar-refractivity contribution in [3.8, 4) is 5.69 Å². The molecule has 0 aliphatic heterocycles. The number of carbonyl (C=O) groups excluding carboxylic acids is 3. The Hall–Kier alpha value is -4.46. The van der Waals surface area contributed by atoms with Gasteiger partial charge in [-0.1, -0.05) is 30.3 Å². The molecule has 0 aliphatic carbocycles. The Balaban J connectivity index is 1.53. The topological polar surface area (TPSA) is 106 Å². The van der Waals surface area contributed by atoms with Crippen LogP contribution in [0.5, 0.6) is 0 Å². The van der Waals surface area contributed by atoms with Gasteiger partial charge < -0.3 is 15.1 Å². The second-order valence-electron chi connectivity index (χ2n) is 7.38. The van der Waals surface area contributed by atoms with Gasteiger partial charge in [-0.3, -0.25) is 14.4 Å². The lowest BCUT2D eigenvalue weighted by atomic mass is 10.1. The van der Waals surface area contributed by atoms with Crippen molar-refractivity contribution < 1.29 is 18.8 Å². The highest BCUT2D eigenvalue weighted by atomic mass is 16.3. The van der Waals surface area contributed by atoms with Gasteiger partial charge in [0.05, 0.1) is 46.7 Å². The van der Waals surface area contributed by atoms with Crippen LogP contribution in [0.4, 0.5) is 5.69 Å². The van der Waals surface area contributed by atoms with Gasteiger partial charge in [0.1, 0.15) is 5.76 Å². The summed E-state index contributed by atoms with van der Waals surface area (Å²) in [5.74, 6) is -1.38. The number of carbonyl (C=O) groups is 3. The zero-order chi connectivity index (χ0) is 23.4. The van der Waals surface area contributed by atoms with E-state index in [9.17, 15) is 14.4 Å². The van der Waals surface area contributed by atoms with Gasteiger partial charge >= 0.3 is 0 Å². The monoisotopic (exact) mass is 442 g/mol. The molecule has 0 bridgehead atoms. The van der Waals surface area contributed by atoms with Crippen molar-refractivity contribution in [1.82, 2.24) is 15.1 Å². The molecule has 2 aromatic carbocycles. The minimum absolute atomic E-state index is 0.199. The Morgan fingerprint density at radius 1 is 0.939 bits per heavy atom. The lowest BCUT2D eigenvalue weighted by Crippen LogP contribution is -2.27. The Morgan fingerprint density at radius 3 is 2.39 bits per heavy atom. The number of ketones is 1. The molecule has 2 heterocycles. The van der Waals surface area contributed by atoms with Crippen LogP contribution in [0.25, 0.3) is 5.69 Å². The molecule has 0 saturated heterocycles. The van der Waals surface area contributed by atoms with E-state index < -0.39 is 17.6 Å². The zero-order valence-corrected chi connectivity index (χ0v) is 18.2. The molecule has 2 amide bonds. The quantitative estimate of drug-likeness (QED) is 0.334. The molecule has 0 aliphatic rings. The summed E-state index contributed by atoms with van der Waals surface area (Å²) in [6, 6.07) is 19.3. The van der Waals surface area contributed by atoms with E-state index in [0.717, 1.165) is 5.69 Å². The predicted molar refractivity (Wildman–Crippen MR) is 122 cm³/mol. The van der Waals surface area contributed by atoms with Crippen LogP contribution in [-0.2, 0) is 11.3 Å². The van der Waals surface area contributed by atoms with Crippen LogP contribution in [0.15, 0.2) is 77.4 Å². The summed E-state index contributed by atoms with van der Waals surface area (Å²) in [4.78, 5) is 38.5. The van der Waals surface area contributed by atoms with Crippen molar-refractivity contribution in [2.75, 3.05) is 5.32 Å². The number of Topliss-reactive ketones (excluding diaryl/α,β-unsaturated/α-hetero) is 1. The maximum atomic E-state index is 13.0. The minimum Gasteiger partial charge on any atom is -0.467 e. The van der Waals surface area contributed by atoms with Crippen LogP contribution in [0.3, 0.4) is 0 Å². The van der Waals surface area contributed by atoms with Gasteiger partial charge in [0.25, 0.3) is 17.6 Å². The molecular formula is C25H22N4O4. The minimum atomic E-state index is -0.847. The van der Waals surface area contributed by atoms with E-state index in [1.807, 2.05) is 30.3 Å². The number of nitrogens with zero attached hydrogens (tertiary/aromatic N) is 2. The van der Waals surface area contributed by atoms with E-state index in [0.29, 0.717) is 17.1 Å². The van der Waals surface area contributed by atoms with E-state index in [4.69, 9.17) is 4.42 Å². The van der Waals surface area contributed by atoms with E-state index in [-0.39, 0.29) is 23.4 Å². The number of amides is 2. The molecule has 0 spiro atoms. The van der Waals surface area contributed by atoms with Gasteiger partial charge in [0, 0.05) is 0 Å². The van der Waals surface area contributed by atoms with Crippen LogP contribution in [0.2, 0.25) is 0 Å². The standard InChI is InChI=1S/C25H22N4O4/c1-16-22(17(2)29(28-16)18-9-4-3-5-10-18)23(30)25(32)27-21-13-7-6-12-20(21)24(31)26-15-19-11-8-14-33-19/h3-14H,15H2,1-2H3,(H,26,31)(H,27,32). The number of benzene rings is 2. The smallest absolute Gasteiger partial charge is 0.296 e. The van der Waals surface area contributed by atoms with E-state index in [1.165, 1.54) is 6.26 Å². The van der Waals surface area contributed by atoms with Crippen LogP contribution in [0.1, 0.15) is 37.9 Å². The van der Waals surface area contributed by atoms with Crippen molar-refractivity contribution in [2.24, 2.45) is 0 Å². The first-order valence-corrected chi connectivity index (χ1v) is 10.3. The summed E-state index contributed by atoms with van der Waals surface area (Å²) >= 11 is 0. The van der Waals surface area contributed by atoms with Crippen LogP contribution < -0.4 is 10.6 Å². The summed E-state index contributed by atoms with van der Waals surface area (Å²) in [5, 5.41) is 9.74. The Kier molecular flexibility index (Phi) is 6.17. The first-order valence-electron chi connectivity index (χ1n) is 10.3. The molecule has 0 saturated carbocycles. The zero-order valence-electron chi connectivity index (χ0n) is 18.2. The van der Waals surface area contributed by atoms with Gasteiger partial charge in [-0.25, -0.2) is 4.68 Å². The summed E-state index contributed by atoms with van der Waals surface area (Å²) in [5.41, 5.74) is 2.49. The average Bonchev–Trinajstić information content (AvgIpc) is 3.45. The van der Waals surface area contributed by atoms with Crippen molar-refractivity contribution in [1.29, 1.82) is 0 Å². The summed E-state index contributed by atoms with van der Waals surface area (Å²) in [6.45, 7) is 3.62. The average molecular weight is 442 g/mol. The molecule has 33 heavy (non-hydrogen) atoms. The highest BCUT2D eigenvalue weighted by molar-refractivity contribution is 6.47. The molecule has 8 heteroatoms. The molecule has 0 unspecified atom stereocenters. The second-order valence-corrected chi connectivity index (χ2v) is 7.38. The third-order valence-corrected chi connectivity index (χ3v) is 5.15. The van der Waals surface area contributed by atoms with Crippen LogP contribution in [0, 0.1) is 13.8 Å². The maximum Gasteiger partial charge on any atom is 0.296 e. The highest BCUT2D eigenvalue weighted by Gasteiger charge is 2.26. The van der Waals surface area contributed by atoms with Crippen molar-refractivity contribution in [2.45, 2.75) is 20.4 Å². The Labute approximate surface area is 190 Å². The number of nitrogens with one attached hydrogen (secondary N) is 2. The molecule has 2 N–H and O–H groups in total.